The van der Waals surface area contributed by atoms with Crippen molar-refractivity contribution in [1.29, 1.82) is 0 Å². The minimum Gasteiger partial charge on any atom is -0.311 e. The fourth-order valence-corrected chi connectivity index (χ4v) is 2.91. The van der Waals surface area contributed by atoms with Gasteiger partial charge >= 0.3 is 0 Å². The Kier molecular flexibility index (Phi) is 3.43. The quantitative estimate of drug-likeness (QED) is 0.882. The van der Waals surface area contributed by atoms with Gasteiger partial charge in [-0.2, -0.15) is 0 Å². The summed E-state index contributed by atoms with van der Waals surface area (Å²) in [5, 5.41) is 6.58. The van der Waals surface area contributed by atoms with Crippen LogP contribution in [0.1, 0.15) is 36.9 Å². The zero-order valence-corrected chi connectivity index (χ0v) is 11.5. The maximum atomic E-state index is 4.66. The molecule has 3 rings (SSSR count). The molecule has 0 spiro atoms. The number of hydrogen-bond acceptors (Lipinski definition) is 3. The Morgan fingerprint density at radius 3 is 2.72 bits per heavy atom. The van der Waals surface area contributed by atoms with Crippen LogP contribution in [0.2, 0.25) is 0 Å². The summed E-state index contributed by atoms with van der Waals surface area (Å²) in [7, 11) is 0. The van der Waals surface area contributed by atoms with Crippen LogP contribution < -0.4 is 5.32 Å². The maximum Gasteiger partial charge on any atom is 0.123 e. The smallest absolute Gasteiger partial charge is 0.123 e. The summed E-state index contributed by atoms with van der Waals surface area (Å²) < 4.78 is 0. The number of benzene rings is 1. The molecular formula is C15H18N2S. The van der Waals surface area contributed by atoms with Crippen LogP contribution in [-0.4, -0.2) is 11.5 Å². The first kappa shape index (κ1) is 11.9. The van der Waals surface area contributed by atoms with Crippen molar-refractivity contribution < 1.29 is 0 Å². The molecule has 1 aromatic carbocycles. The molecule has 1 fully saturated rings. The molecule has 18 heavy (non-hydrogen) atoms. The molecule has 2 aromatic rings. The van der Waals surface area contributed by atoms with Crippen molar-refractivity contribution in [2.24, 2.45) is 0 Å². The van der Waals surface area contributed by atoms with E-state index >= 15 is 0 Å². The molecule has 0 bridgehead atoms. The van der Waals surface area contributed by atoms with Gasteiger partial charge in [-0.1, -0.05) is 31.2 Å². The summed E-state index contributed by atoms with van der Waals surface area (Å²) in [5.74, 6) is 0.833. The van der Waals surface area contributed by atoms with E-state index in [2.05, 4.69) is 46.9 Å². The first-order chi connectivity index (χ1) is 8.86. The largest absolute Gasteiger partial charge is 0.311 e. The first-order valence-electron chi connectivity index (χ1n) is 6.62. The highest BCUT2D eigenvalue weighted by Gasteiger charge is 2.23. The highest BCUT2D eigenvalue weighted by atomic mass is 32.1. The second-order valence-corrected chi connectivity index (χ2v) is 5.68. The van der Waals surface area contributed by atoms with E-state index in [0.29, 0.717) is 0 Å². The second-order valence-electron chi connectivity index (χ2n) is 4.82. The van der Waals surface area contributed by atoms with Gasteiger partial charge in [-0.15, -0.1) is 11.3 Å². The van der Waals surface area contributed by atoms with Crippen molar-refractivity contribution in [3.63, 3.8) is 0 Å². The van der Waals surface area contributed by atoms with Crippen LogP contribution in [0.25, 0.3) is 10.6 Å². The Morgan fingerprint density at radius 2 is 2.06 bits per heavy atom. The van der Waals surface area contributed by atoms with Gasteiger partial charge in [-0.3, -0.25) is 0 Å². The summed E-state index contributed by atoms with van der Waals surface area (Å²) in [5.41, 5.74) is 3.87. The first-order valence-corrected chi connectivity index (χ1v) is 7.50. The molecule has 0 amide bonds. The van der Waals surface area contributed by atoms with Crippen LogP contribution in [0.15, 0.2) is 29.6 Å². The van der Waals surface area contributed by atoms with Gasteiger partial charge in [-0.25, -0.2) is 4.98 Å². The summed E-state index contributed by atoms with van der Waals surface area (Å²) in [6.07, 6.45) is 2.73. The normalized spacial score (nSPS) is 14.9. The van der Waals surface area contributed by atoms with Gasteiger partial charge in [0.05, 0.1) is 5.69 Å². The van der Waals surface area contributed by atoms with E-state index in [1.807, 2.05) is 0 Å². The van der Waals surface area contributed by atoms with E-state index in [9.17, 15) is 0 Å². The minimum absolute atomic E-state index is 0.833. The second kappa shape index (κ2) is 5.21. The van der Waals surface area contributed by atoms with Crippen molar-refractivity contribution >= 4 is 11.3 Å². The Morgan fingerprint density at radius 1 is 1.28 bits per heavy atom. The van der Waals surface area contributed by atoms with Gasteiger partial charge in [0.25, 0.3) is 0 Å². The lowest BCUT2D eigenvalue weighted by molar-refractivity contribution is 0.715. The molecule has 1 aliphatic carbocycles. The zero-order chi connectivity index (χ0) is 12.4. The molecule has 94 valence electrons. The molecule has 1 saturated carbocycles. The van der Waals surface area contributed by atoms with E-state index < -0.39 is 0 Å². The summed E-state index contributed by atoms with van der Waals surface area (Å²) in [4.78, 5) is 4.66. The molecule has 2 nitrogen and oxygen atoms in total. The summed E-state index contributed by atoms with van der Waals surface area (Å²) in [6.45, 7) is 3.97. The minimum atomic E-state index is 0.833. The molecule has 0 unspecified atom stereocenters. The molecule has 0 radical (unpaired) electrons. The van der Waals surface area contributed by atoms with Gasteiger partial charge in [-0.05, 0) is 30.9 Å². The number of nitrogens with zero attached hydrogens (tertiary/aromatic N) is 1. The summed E-state index contributed by atoms with van der Waals surface area (Å²) >= 11 is 1.73. The molecular weight excluding hydrogens is 240 g/mol. The maximum absolute atomic E-state index is 4.66. The molecule has 1 N–H and O–H groups in total. The molecule has 1 aliphatic rings. The van der Waals surface area contributed by atoms with E-state index in [-0.39, 0.29) is 0 Å². The van der Waals surface area contributed by atoms with Crippen molar-refractivity contribution in [2.75, 3.05) is 6.54 Å². The SMILES string of the molecule is CCNCc1csc(-c2ccc(C3CC3)cc2)n1. The monoisotopic (exact) mass is 258 g/mol. The molecule has 0 aliphatic heterocycles. The van der Waals surface area contributed by atoms with Gasteiger partial charge in [0.15, 0.2) is 0 Å². The third-order valence-corrected chi connectivity index (χ3v) is 4.25. The van der Waals surface area contributed by atoms with Crippen molar-refractivity contribution in [2.45, 2.75) is 32.2 Å². The lowest BCUT2D eigenvalue weighted by Crippen LogP contribution is -2.11. The molecule has 0 saturated heterocycles. The average Bonchev–Trinajstić information content (AvgIpc) is 3.16. The number of rotatable bonds is 5. The zero-order valence-electron chi connectivity index (χ0n) is 10.6. The third kappa shape index (κ3) is 2.62. The number of aromatic nitrogens is 1. The Bertz CT molecular complexity index is 512. The van der Waals surface area contributed by atoms with Crippen LogP contribution in [0.4, 0.5) is 0 Å². The lowest BCUT2D eigenvalue weighted by Gasteiger charge is -2.00. The van der Waals surface area contributed by atoms with E-state index in [4.69, 9.17) is 0 Å². The van der Waals surface area contributed by atoms with Crippen LogP contribution in [0.5, 0.6) is 0 Å². The average molecular weight is 258 g/mol. The number of nitrogens with one attached hydrogen (secondary N) is 1. The standard InChI is InChI=1S/C15H18N2S/c1-2-16-9-14-10-18-15(17-14)13-7-5-12(6-8-13)11-3-4-11/h5-8,10-11,16H,2-4,9H2,1H3. The van der Waals surface area contributed by atoms with E-state index in [0.717, 1.165) is 29.7 Å². The van der Waals surface area contributed by atoms with Crippen LogP contribution >= 0.6 is 11.3 Å². The molecule has 1 heterocycles. The Hall–Kier alpha value is -1.19. The van der Waals surface area contributed by atoms with Gasteiger partial charge in [0, 0.05) is 17.5 Å². The highest BCUT2D eigenvalue weighted by Crippen LogP contribution is 2.40. The molecule has 0 atom stereocenters. The molecule has 1 aromatic heterocycles. The summed E-state index contributed by atoms with van der Waals surface area (Å²) in [6, 6.07) is 8.95. The van der Waals surface area contributed by atoms with Gasteiger partial charge in [0.1, 0.15) is 5.01 Å². The predicted molar refractivity (Wildman–Crippen MR) is 76.9 cm³/mol. The molecule has 3 heteroatoms. The fourth-order valence-electron chi connectivity index (χ4n) is 2.09. The van der Waals surface area contributed by atoms with E-state index in [1.54, 1.807) is 11.3 Å². The van der Waals surface area contributed by atoms with Crippen LogP contribution in [0.3, 0.4) is 0 Å². The van der Waals surface area contributed by atoms with Crippen molar-refractivity contribution in [3.05, 3.63) is 40.9 Å². The van der Waals surface area contributed by atoms with Crippen LogP contribution in [0, 0.1) is 0 Å². The third-order valence-electron chi connectivity index (χ3n) is 3.31. The van der Waals surface area contributed by atoms with Gasteiger partial charge < -0.3 is 5.32 Å². The topological polar surface area (TPSA) is 24.9 Å². The highest BCUT2D eigenvalue weighted by molar-refractivity contribution is 7.13. The van der Waals surface area contributed by atoms with Gasteiger partial charge in [0.2, 0.25) is 0 Å². The number of thiazole rings is 1. The Balaban J connectivity index is 1.74. The predicted octanol–water partition coefficient (Wildman–Crippen LogP) is 3.80. The van der Waals surface area contributed by atoms with E-state index in [1.165, 1.54) is 24.0 Å². The number of hydrogen-bond donors (Lipinski definition) is 1. The fraction of sp³-hybridized carbons (Fsp3) is 0.400. The van der Waals surface area contributed by atoms with Crippen molar-refractivity contribution in [3.8, 4) is 10.6 Å². The Labute approximate surface area is 112 Å². The lowest BCUT2D eigenvalue weighted by atomic mass is 10.1. The van der Waals surface area contributed by atoms with Crippen molar-refractivity contribution in [1.82, 2.24) is 10.3 Å². The van der Waals surface area contributed by atoms with Crippen LogP contribution in [-0.2, 0) is 6.54 Å².